The van der Waals surface area contributed by atoms with Gasteiger partial charge in [-0.15, -0.1) is 0 Å². The Balaban J connectivity index is 2.73. The lowest BCUT2D eigenvalue weighted by molar-refractivity contribution is 0.180. The van der Waals surface area contributed by atoms with Crippen molar-refractivity contribution in [1.82, 2.24) is 9.80 Å². The fourth-order valence-corrected chi connectivity index (χ4v) is 1.66. The van der Waals surface area contributed by atoms with Crippen LogP contribution in [0, 0.1) is 0 Å². The van der Waals surface area contributed by atoms with E-state index in [-0.39, 0.29) is 0 Å². The minimum Gasteiger partial charge on any atom is -0.506 e. The zero-order chi connectivity index (χ0) is 11.3. The Kier molecular flexibility index (Phi) is 4.43. The van der Waals surface area contributed by atoms with Crippen LogP contribution < -0.4 is 0 Å². The van der Waals surface area contributed by atoms with Gasteiger partial charge in [-0.1, -0.05) is 12.7 Å². The first-order valence-corrected chi connectivity index (χ1v) is 5.31. The minimum atomic E-state index is 0.333. The molecule has 0 atom stereocenters. The summed E-state index contributed by atoms with van der Waals surface area (Å²) < 4.78 is 0. The summed E-state index contributed by atoms with van der Waals surface area (Å²) in [5.41, 5.74) is 0.876. The predicted octanol–water partition coefficient (Wildman–Crippen LogP) is 1.77. The molecule has 1 saturated heterocycles. The summed E-state index contributed by atoms with van der Waals surface area (Å²) in [5, 5.41) is 9.76. The van der Waals surface area contributed by atoms with Gasteiger partial charge in [-0.25, -0.2) is 0 Å². The summed E-state index contributed by atoms with van der Waals surface area (Å²) in [7, 11) is 2.11. The minimum absolute atomic E-state index is 0.333. The number of nitrogens with zero attached hydrogens (tertiary/aromatic N) is 2. The molecule has 0 aromatic carbocycles. The number of rotatable bonds is 3. The molecule has 15 heavy (non-hydrogen) atoms. The zero-order valence-corrected chi connectivity index (χ0v) is 9.61. The van der Waals surface area contributed by atoms with E-state index >= 15 is 0 Å². The van der Waals surface area contributed by atoms with Crippen LogP contribution in [0.5, 0.6) is 0 Å². The van der Waals surface area contributed by atoms with Gasteiger partial charge in [0.05, 0.1) is 5.70 Å². The van der Waals surface area contributed by atoms with Crippen LogP contribution in [0.2, 0.25) is 0 Å². The molecular formula is C12H20N2O. The molecular weight excluding hydrogens is 188 g/mol. The van der Waals surface area contributed by atoms with E-state index in [1.807, 2.05) is 13.0 Å². The zero-order valence-electron chi connectivity index (χ0n) is 9.61. The SMILES string of the molecule is C=C/C=C(\C(O)=C/C)N1CCN(C)CC1. The molecule has 0 saturated carbocycles. The Labute approximate surface area is 92.0 Å². The number of likely N-dealkylation sites (N-methyl/N-ethyl adjacent to an activating group) is 1. The van der Waals surface area contributed by atoms with Crippen LogP contribution in [-0.2, 0) is 0 Å². The Morgan fingerprint density at radius 1 is 1.27 bits per heavy atom. The second-order valence-electron chi connectivity index (χ2n) is 3.75. The second kappa shape index (κ2) is 5.61. The Morgan fingerprint density at radius 3 is 2.33 bits per heavy atom. The Bertz CT molecular complexity index is 273. The van der Waals surface area contributed by atoms with Gasteiger partial charge in [0.1, 0.15) is 5.76 Å². The maximum Gasteiger partial charge on any atom is 0.134 e. The van der Waals surface area contributed by atoms with E-state index in [0.29, 0.717) is 5.76 Å². The fourth-order valence-electron chi connectivity index (χ4n) is 1.66. The van der Waals surface area contributed by atoms with E-state index in [0.717, 1.165) is 31.9 Å². The van der Waals surface area contributed by atoms with Gasteiger partial charge in [-0.3, -0.25) is 0 Å². The molecule has 0 aromatic heterocycles. The van der Waals surface area contributed by atoms with Crippen LogP contribution in [-0.4, -0.2) is 48.1 Å². The van der Waals surface area contributed by atoms with Crippen LogP contribution in [0.25, 0.3) is 0 Å². The van der Waals surface area contributed by atoms with Crippen molar-refractivity contribution in [2.45, 2.75) is 6.92 Å². The molecule has 0 bridgehead atoms. The van der Waals surface area contributed by atoms with Crippen molar-refractivity contribution in [3.63, 3.8) is 0 Å². The van der Waals surface area contributed by atoms with Crippen molar-refractivity contribution in [2.75, 3.05) is 33.2 Å². The smallest absolute Gasteiger partial charge is 0.134 e. The van der Waals surface area contributed by atoms with Crippen molar-refractivity contribution >= 4 is 0 Å². The lowest BCUT2D eigenvalue weighted by Crippen LogP contribution is -2.44. The quantitative estimate of drug-likeness (QED) is 0.565. The predicted molar refractivity (Wildman–Crippen MR) is 63.7 cm³/mol. The van der Waals surface area contributed by atoms with Crippen molar-refractivity contribution < 1.29 is 5.11 Å². The summed E-state index contributed by atoms with van der Waals surface area (Å²) in [4.78, 5) is 4.48. The molecule has 3 heteroatoms. The largest absolute Gasteiger partial charge is 0.506 e. The van der Waals surface area contributed by atoms with E-state index < -0.39 is 0 Å². The maximum atomic E-state index is 9.76. The van der Waals surface area contributed by atoms with Gasteiger partial charge in [0.25, 0.3) is 0 Å². The molecule has 0 aliphatic carbocycles. The van der Waals surface area contributed by atoms with Gasteiger partial charge in [0, 0.05) is 26.2 Å². The lowest BCUT2D eigenvalue weighted by atomic mass is 10.2. The van der Waals surface area contributed by atoms with Gasteiger partial charge in [0.2, 0.25) is 0 Å². The van der Waals surface area contributed by atoms with Gasteiger partial charge in [-0.05, 0) is 26.1 Å². The molecule has 1 aliphatic rings. The highest BCUT2D eigenvalue weighted by molar-refractivity contribution is 5.27. The molecule has 1 N–H and O–H groups in total. The van der Waals surface area contributed by atoms with Crippen LogP contribution in [0.3, 0.4) is 0 Å². The van der Waals surface area contributed by atoms with E-state index in [2.05, 4.69) is 23.4 Å². The van der Waals surface area contributed by atoms with Gasteiger partial charge >= 0.3 is 0 Å². The molecule has 0 radical (unpaired) electrons. The first-order valence-electron chi connectivity index (χ1n) is 5.31. The normalized spacial score (nSPS) is 20.5. The van der Waals surface area contributed by atoms with E-state index in [1.165, 1.54) is 0 Å². The third kappa shape index (κ3) is 3.13. The van der Waals surface area contributed by atoms with Crippen molar-refractivity contribution in [3.05, 3.63) is 36.3 Å². The van der Waals surface area contributed by atoms with Crippen molar-refractivity contribution in [1.29, 1.82) is 0 Å². The standard InChI is InChI=1S/C12H20N2O/c1-4-6-11(12(15)5-2)14-9-7-13(3)8-10-14/h4-6,15H,1,7-10H2,2-3H3/b11-6+,12-5+. The monoisotopic (exact) mass is 208 g/mol. The number of hydrogen-bond donors (Lipinski definition) is 1. The summed E-state index contributed by atoms with van der Waals surface area (Å²) in [6.45, 7) is 9.48. The van der Waals surface area contributed by atoms with Gasteiger partial charge in [-0.2, -0.15) is 0 Å². The molecule has 0 unspecified atom stereocenters. The highest BCUT2D eigenvalue weighted by Crippen LogP contribution is 2.15. The first-order chi connectivity index (χ1) is 7.19. The Morgan fingerprint density at radius 2 is 1.87 bits per heavy atom. The number of piperazine rings is 1. The van der Waals surface area contributed by atoms with Crippen LogP contribution in [0.1, 0.15) is 6.92 Å². The average molecular weight is 208 g/mol. The molecule has 3 nitrogen and oxygen atoms in total. The number of hydrogen-bond acceptors (Lipinski definition) is 3. The van der Waals surface area contributed by atoms with Crippen LogP contribution >= 0.6 is 0 Å². The van der Waals surface area contributed by atoms with Crippen LogP contribution in [0.15, 0.2) is 36.3 Å². The molecule has 1 aliphatic heterocycles. The summed E-state index contributed by atoms with van der Waals surface area (Å²) in [5.74, 6) is 0.333. The lowest BCUT2D eigenvalue weighted by Gasteiger charge is -2.35. The van der Waals surface area contributed by atoms with Crippen molar-refractivity contribution in [2.24, 2.45) is 0 Å². The van der Waals surface area contributed by atoms with E-state index in [1.54, 1.807) is 12.2 Å². The van der Waals surface area contributed by atoms with Crippen LogP contribution in [0.4, 0.5) is 0 Å². The van der Waals surface area contributed by atoms with Gasteiger partial charge < -0.3 is 14.9 Å². The summed E-state index contributed by atoms with van der Waals surface area (Å²) >= 11 is 0. The topological polar surface area (TPSA) is 26.7 Å². The molecule has 1 rings (SSSR count). The molecule has 1 fully saturated rings. The van der Waals surface area contributed by atoms with E-state index in [4.69, 9.17) is 0 Å². The highest BCUT2D eigenvalue weighted by Gasteiger charge is 2.17. The first kappa shape index (κ1) is 11.9. The summed E-state index contributed by atoms with van der Waals surface area (Å²) in [6.07, 6.45) is 5.29. The summed E-state index contributed by atoms with van der Waals surface area (Å²) in [6, 6.07) is 0. The molecule has 1 heterocycles. The van der Waals surface area contributed by atoms with Gasteiger partial charge in [0.15, 0.2) is 0 Å². The third-order valence-electron chi connectivity index (χ3n) is 2.66. The molecule has 84 valence electrons. The number of allylic oxidation sites excluding steroid dienone is 3. The third-order valence-corrected chi connectivity index (χ3v) is 2.66. The average Bonchev–Trinajstić information content (AvgIpc) is 2.26. The molecule has 0 amide bonds. The van der Waals surface area contributed by atoms with E-state index in [9.17, 15) is 5.11 Å². The maximum absolute atomic E-state index is 9.76. The fraction of sp³-hybridized carbons (Fsp3) is 0.500. The molecule has 0 aromatic rings. The van der Waals surface area contributed by atoms with Crippen molar-refractivity contribution in [3.8, 4) is 0 Å². The highest BCUT2D eigenvalue weighted by atomic mass is 16.3. The number of aliphatic hydroxyl groups is 1. The molecule has 0 spiro atoms. The Hall–Kier alpha value is -1.22. The second-order valence-corrected chi connectivity index (χ2v) is 3.75. The number of aliphatic hydroxyl groups excluding tert-OH is 1.